The molecule has 2 N–H and O–H groups in total. The quantitative estimate of drug-likeness (QED) is 0.732. The summed E-state index contributed by atoms with van der Waals surface area (Å²) in [6.07, 6.45) is 5.84. The van der Waals surface area contributed by atoms with Crippen LogP contribution < -0.4 is 10.6 Å². The number of hydrogen-bond donors (Lipinski definition) is 2. The van der Waals surface area contributed by atoms with Crippen LogP contribution in [-0.2, 0) is 13.5 Å². The minimum absolute atomic E-state index is 0.179. The lowest BCUT2D eigenvalue weighted by Gasteiger charge is -2.12. The van der Waals surface area contributed by atoms with Crippen LogP contribution in [0.4, 0.5) is 11.4 Å². The highest BCUT2D eigenvalue weighted by molar-refractivity contribution is 6.05. The molecule has 0 aliphatic carbocycles. The van der Waals surface area contributed by atoms with Crippen molar-refractivity contribution in [3.05, 3.63) is 72.3 Å². The summed E-state index contributed by atoms with van der Waals surface area (Å²) in [5.41, 5.74) is 3.18. The molecule has 24 heavy (non-hydrogen) atoms. The van der Waals surface area contributed by atoms with Crippen LogP contribution in [0.2, 0.25) is 0 Å². The summed E-state index contributed by atoms with van der Waals surface area (Å²) in [6.45, 7) is 0.733. The number of benzene rings is 1. The van der Waals surface area contributed by atoms with Crippen molar-refractivity contribution in [2.24, 2.45) is 7.05 Å². The monoisotopic (exact) mass is 321 g/mol. The molecule has 122 valence electrons. The second-order valence-electron chi connectivity index (χ2n) is 5.40. The number of nitrogens with zero attached hydrogens (tertiary/aromatic N) is 3. The number of aromatic nitrogens is 3. The van der Waals surface area contributed by atoms with Crippen LogP contribution in [-0.4, -0.2) is 27.2 Å². The maximum absolute atomic E-state index is 12.3. The lowest BCUT2D eigenvalue weighted by Crippen LogP contribution is -2.14. The molecule has 0 unspecified atom stereocenters. The molecule has 6 nitrogen and oxygen atoms in total. The third-order valence-corrected chi connectivity index (χ3v) is 3.57. The predicted octanol–water partition coefficient (Wildman–Crippen LogP) is 2.72. The van der Waals surface area contributed by atoms with Gasteiger partial charge in [-0.2, -0.15) is 5.10 Å². The second-order valence-corrected chi connectivity index (χ2v) is 5.40. The highest BCUT2D eigenvalue weighted by Gasteiger charge is 2.10. The molecule has 3 rings (SSSR count). The number of rotatable bonds is 6. The van der Waals surface area contributed by atoms with Gasteiger partial charge in [-0.1, -0.05) is 18.2 Å². The number of nitrogens with one attached hydrogen (secondary N) is 2. The Morgan fingerprint density at radius 3 is 2.62 bits per heavy atom. The van der Waals surface area contributed by atoms with E-state index in [0.717, 1.165) is 30.0 Å². The van der Waals surface area contributed by atoms with Gasteiger partial charge in [0.2, 0.25) is 0 Å². The van der Waals surface area contributed by atoms with Gasteiger partial charge < -0.3 is 10.6 Å². The van der Waals surface area contributed by atoms with Crippen molar-refractivity contribution < 1.29 is 4.79 Å². The van der Waals surface area contributed by atoms with E-state index in [1.165, 1.54) is 0 Å². The van der Waals surface area contributed by atoms with E-state index < -0.39 is 0 Å². The van der Waals surface area contributed by atoms with Gasteiger partial charge in [-0.05, 0) is 24.3 Å². The fourth-order valence-corrected chi connectivity index (χ4v) is 2.35. The van der Waals surface area contributed by atoms with Gasteiger partial charge in [-0.3, -0.25) is 14.5 Å². The van der Waals surface area contributed by atoms with Crippen molar-refractivity contribution in [3.8, 4) is 0 Å². The molecule has 0 saturated carbocycles. The average Bonchev–Trinajstić information content (AvgIpc) is 3.04. The van der Waals surface area contributed by atoms with Gasteiger partial charge in [0.05, 0.1) is 23.1 Å². The summed E-state index contributed by atoms with van der Waals surface area (Å²) in [6, 6.07) is 13.5. The number of aryl methyl sites for hydroxylation is 1. The second kappa shape index (κ2) is 7.41. The maximum atomic E-state index is 12.3. The molecule has 1 aromatic carbocycles. The number of hydrogen-bond acceptors (Lipinski definition) is 4. The van der Waals surface area contributed by atoms with Gasteiger partial charge in [-0.25, -0.2) is 0 Å². The largest absolute Gasteiger partial charge is 0.383 e. The Morgan fingerprint density at radius 2 is 1.92 bits per heavy atom. The van der Waals surface area contributed by atoms with Crippen molar-refractivity contribution in [2.45, 2.75) is 6.42 Å². The standard InChI is InChI=1S/C18H19N5O/c1-23-13-14(12-21-23)18(24)22-17-8-3-2-7-16(17)20-11-9-15-6-4-5-10-19-15/h2-8,10,12-13,20H,9,11H2,1H3,(H,22,24). The molecule has 3 aromatic rings. The summed E-state index contributed by atoms with van der Waals surface area (Å²) in [7, 11) is 1.78. The normalized spacial score (nSPS) is 10.4. The number of amides is 1. The zero-order valence-corrected chi connectivity index (χ0v) is 13.4. The first kappa shape index (κ1) is 15.7. The summed E-state index contributed by atoms with van der Waals surface area (Å²) in [4.78, 5) is 16.6. The predicted molar refractivity (Wildman–Crippen MR) is 94.0 cm³/mol. The van der Waals surface area contributed by atoms with Gasteiger partial charge in [0.15, 0.2) is 0 Å². The number of carbonyl (C=O) groups is 1. The molecule has 2 aromatic heterocycles. The maximum Gasteiger partial charge on any atom is 0.258 e. The molecule has 6 heteroatoms. The van der Waals surface area contributed by atoms with Crippen LogP contribution in [0.15, 0.2) is 61.1 Å². The number of pyridine rings is 1. The molecule has 0 atom stereocenters. The van der Waals surface area contributed by atoms with Crippen molar-refractivity contribution in [2.75, 3.05) is 17.2 Å². The molecule has 0 spiro atoms. The zero-order valence-electron chi connectivity index (χ0n) is 13.4. The van der Waals surface area contributed by atoms with Crippen molar-refractivity contribution in [1.82, 2.24) is 14.8 Å². The van der Waals surface area contributed by atoms with Gasteiger partial charge in [0.25, 0.3) is 5.91 Å². The molecule has 0 aliphatic heterocycles. The summed E-state index contributed by atoms with van der Waals surface area (Å²) < 4.78 is 1.60. The first-order valence-electron chi connectivity index (χ1n) is 7.75. The van der Waals surface area contributed by atoms with Crippen LogP contribution in [0.5, 0.6) is 0 Å². The lowest BCUT2D eigenvalue weighted by molar-refractivity contribution is 0.102. The highest BCUT2D eigenvalue weighted by atomic mass is 16.1. The minimum Gasteiger partial charge on any atom is -0.383 e. The topological polar surface area (TPSA) is 71.8 Å². The minimum atomic E-state index is -0.179. The third kappa shape index (κ3) is 3.98. The first-order valence-corrected chi connectivity index (χ1v) is 7.75. The average molecular weight is 321 g/mol. The number of para-hydroxylation sites is 2. The number of anilines is 2. The SMILES string of the molecule is Cn1cc(C(=O)Nc2ccccc2NCCc2ccccn2)cn1. The van der Waals surface area contributed by atoms with E-state index in [1.807, 2.05) is 42.5 Å². The Hall–Kier alpha value is -3.15. The van der Waals surface area contributed by atoms with Crippen molar-refractivity contribution >= 4 is 17.3 Å². The van der Waals surface area contributed by atoms with Crippen molar-refractivity contribution in [3.63, 3.8) is 0 Å². The lowest BCUT2D eigenvalue weighted by atomic mass is 10.2. The van der Waals surface area contributed by atoms with Crippen LogP contribution in [0.1, 0.15) is 16.1 Å². The molecule has 0 fully saturated rings. The van der Waals surface area contributed by atoms with E-state index in [4.69, 9.17) is 0 Å². The van der Waals surface area contributed by atoms with E-state index >= 15 is 0 Å². The molecule has 0 radical (unpaired) electrons. The van der Waals surface area contributed by atoms with Crippen LogP contribution >= 0.6 is 0 Å². The molecule has 2 heterocycles. The van der Waals surface area contributed by atoms with Crippen LogP contribution in [0.25, 0.3) is 0 Å². The van der Waals surface area contributed by atoms with E-state index in [1.54, 1.807) is 30.3 Å². The molecule has 1 amide bonds. The Labute approximate surface area is 140 Å². The Balaban J connectivity index is 1.63. The van der Waals surface area contributed by atoms with E-state index in [-0.39, 0.29) is 5.91 Å². The molecule has 0 aliphatic rings. The Bertz CT molecular complexity index is 813. The highest BCUT2D eigenvalue weighted by Crippen LogP contribution is 2.21. The van der Waals surface area contributed by atoms with E-state index in [0.29, 0.717) is 5.56 Å². The van der Waals surface area contributed by atoms with E-state index in [2.05, 4.69) is 20.7 Å². The van der Waals surface area contributed by atoms with Crippen LogP contribution in [0.3, 0.4) is 0 Å². The third-order valence-electron chi connectivity index (χ3n) is 3.57. The summed E-state index contributed by atoms with van der Waals surface area (Å²) in [5.74, 6) is -0.179. The summed E-state index contributed by atoms with van der Waals surface area (Å²) in [5, 5.41) is 10.3. The molecule has 0 saturated heterocycles. The molecular weight excluding hydrogens is 302 g/mol. The zero-order chi connectivity index (χ0) is 16.8. The van der Waals surface area contributed by atoms with Gasteiger partial charge in [0.1, 0.15) is 0 Å². The fourth-order valence-electron chi connectivity index (χ4n) is 2.35. The van der Waals surface area contributed by atoms with Crippen molar-refractivity contribution in [1.29, 1.82) is 0 Å². The van der Waals surface area contributed by atoms with Gasteiger partial charge in [0, 0.05) is 38.1 Å². The fraction of sp³-hybridized carbons (Fsp3) is 0.167. The first-order chi connectivity index (χ1) is 11.7. The Kier molecular flexibility index (Phi) is 4.86. The van der Waals surface area contributed by atoms with Crippen LogP contribution in [0, 0.1) is 0 Å². The number of carbonyl (C=O) groups excluding carboxylic acids is 1. The smallest absolute Gasteiger partial charge is 0.258 e. The molecular formula is C18H19N5O. The Morgan fingerprint density at radius 1 is 1.12 bits per heavy atom. The van der Waals surface area contributed by atoms with Gasteiger partial charge in [-0.15, -0.1) is 0 Å². The molecule has 0 bridgehead atoms. The van der Waals surface area contributed by atoms with Gasteiger partial charge >= 0.3 is 0 Å². The summed E-state index contributed by atoms with van der Waals surface area (Å²) >= 11 is 0. The van der Waals surface area contributed by atoms with E-state index in [9.17, 15) is 4.79 Å².